The minimum atomic E-state index is 0.104. The van der Waals surface area contributed by atoms with E-state index in [-0.39, 0.29) is 11.8 Å². The van der Waals surface area contributed by atoms with E-state index in [0.717, 1.165) is 23.4 Å². The van der Waals surface area contributed by atoms with Crippen molar-refractivity contribution in [3.05, 3.63) is 47.5 Å². The van der Waals surface area contributed by atoms with E-state index in [1.807, 2.05) is 38.1 Å². The van der Waals surface area contributed by atoms with Gasteiger partial charge in [-0.05, 0) is 25.8 Å². The topological polar surface area (TPSA) is 47.8 Å². The molecule has 0 bridgehead atoms. The van der Waals surface area contributed by atoms with Gasteiger partial charge in [-0.25, -0.2) is 9.67 Å². The first-order valence-corrected chi connectivity index (χ1v) is 6.63. The molecule has 0 aliphatic heterocycles. The largest absolute Gasteiger partial charge is 0.294 e. The third-order valence-corrected chi connectivity index (χ3v) is 3.15. The molecule has 0 unspecified atom stereocenters. The number of aromatic nitrogens is 3. The highest BCUT2D eigenvalue weighted by molar-refractivity contribution is 5.98. The summed E-state index contributed by atoms with van der Waals surface area (Å²) in [7, 11) is 0. The van der Waals surface area contributed by atoms with Gasteiger partial charge in [0.1, 0.15) is 12.2 Å². The number of carbonyl (C=O) groups is 1. The van der Waals surface area contributed by atoms with Crippen LogP contribution in [0.5, 0.6) is 0 Å². The third-order valence-electron chi connectivity index (χ3n) is 3.15. The van der Waals surface area contributed by atoms with Crippen molar-refractivity contribution in [2.24, 2.45) is 0 Å². The average molecular weight is 257 g/mol. The van der Waals surface area contributed by atoms with Crippen LogP contribution < -0.4 is 0 Å². The first kappa shape index (κ1) is 13.5. The molecular weight excluding hydrogens is 238 g/mol. The lowest BCUT2D eigenvalue weighted by Gasteiger charge is -2.10. The van der Waals surface area contributed by atoms with E-state index in [2.05, 4.69) is 17.0 Å². The Morgan fingerprint density at radius 3 is 2.74 bits per heavy atom. The van der Waals surface area contributed by atoms with Gasteiger partial charge in [0.15, 0.2) is 5.78 Å². The lowest BCUT2D eigenvalue weighted by atomic mass is 10.00. The molecule has 0 amide bonds. The highest BCUT2D eigenvalue weighted by atomic mass is 16.1. The summed E-state index contributed by atoms with van der Waals surface area (Å²) in [5, 5.41) is 4.16. The van der Waals surface area contributed by atoms with Gasteiger partial charge in [0.25, 0.3) is 0 Å². The highest BCUT2D eigenvalue weighted by Crippen LogP contribution is 2.14. The van der Waals surface area contributed by atoms with Gasteiger partial charge in [0, 0.05) is 11.6 Å². The van der Waals surface area contributed by atoms with Crippen LogP contribution in [0.1, 0.15) is 48.6 Å². The van der Waals surface area contributed by atoms with Crippen LogP contribution in [0.3, 0.4) is 0 Å². The molecule has 1 heterocycles. The standard InChI is InChI=1S/C15H19N3O/c1-4-12-7-5-6-8-13(12)14(19)9-15-16-10-17-18(15)11(2)3/h5-8,10-11H,4,9H2,1-3H3. The molecule has 1 aromatic carbocycles. The summed E-state index contributed by atoms with van der Waals surface area (Å²) >= 11 is 0. The predicted octanol–water partition coefficient (Wildman–Crippen LogP) is 2.85. The van der Waals surface area contributed by atoms with E-state index in [9.17, 15) is 4.79 Å². The molecule has 0 N–H and O–H groups in total. The van der Waals surface area contributed by atoms with Crippen molar-refractivity contribution in [1.29, 1.82) is 0 Å². The summed E-state index contributed by atoms with van der Waals surface area (Å²) in [5.74, 6) is 0.832. The van der Waals surface area contributed by atoms with Crippen molar-refractivity contribution >= 4 is 5.78 Å². The molecular formula is C15H19N3O. The molecule has 4 nitrogen and oxygen atoms in total. The number of hydrogen-bond acceptors (Lipinski definition) is 3. The van der Waals surface area contributed by atoms with E-state index >= 15 is 0 Å². The van der Waals surface area contributed by atoms with Crippen LogP contribution in [-0.4, -0.2) is 20.5 Å². The predicted molar refractivity (Wildman–Crippen MR) is 74.3 cm³/mol. The molecule has 0 radical (unpaired) electrons. The Morgan fingerprint density at radius 1 is 1.32 bits per heavy atom. The second-order valence-electron chi connectivity index (χ2n) is 4.83. The maximum Gasteiger partial charge on any atom is 0.170 e. The molecule has 0 saturated heterocycles. The van der Waals surface area contributed by atoms with Crippen LogP contribution in [0.15, 0.2) is 30.6 Å². The Hall–Kier alpha value is -1.97. The zero-order valence-corrected chi connectivity index (χ0v) is 11.6. The van der Waals surface area contributed by atoms with Crippen LogP contribution >= 0.6 is 0 Å². The van der Waals surface area contributed by atoms with Gasteiger partial charge >= 0.3 is 0 Å². The Bertz CT molecular complexity index is 572. The van der Waals surface area contributed by atoms with E-state index in [4.69, 9.17) is 0 Å². The van der Waals surface area contributed by atoms with Gasteiger partial charge in [0.05, 0.1) is 6.42 Å². The number of nitrogens with zero attached hydrogens (tertiary/aromatic N) is 3. The fourth-order valence-electron chi connectivity index (χ4n) is 2.17. The molecule has 0 aliphatic carbocycles. The number of Topliss-reactive ketones (excluding diaryl/α,β-unsaturated/α-hetero) is 1. The lowest BCUT2D eigenvalue weighted by molar-refractivity contribution is 0.0988. The summed E-state index contributed by atoms with van der Waals surface area (Å²) in [4.78, 5) is 16.6. The van der Waals surface area contributed by atoms with Crippen molar-refractivity contribution in [2.75, 3.05) is 0 Å². The van der Waals surface area contributed by atoms with Gasteiger partial charge in [0.2, 0.25) is 0 Å². The van der Waals surface area contributed by atoms with Crippen molar-refractivity contribution in [3.8, 4) is 0 Å². The molecule has 0 aliphatic rings. The molecule has 0 atom stereocenters. The Morgan fingerprint density at radius 2 is 2.05 bits per heavy atom. The van der Waals surface area contributed by atoms with Crippen molar-refractivity contribution in [2.45, 2.75) is 39.7 Å². The maximum absolute atomic E-state index is 12.4. The van der Waals surface area contributed by atoms with Gasteiger partial charge in [-0.1, -0.05) is 31.2 Å². The summed E-state index contributed by atoms with van der Waals surface area (Å²) in [6.07, 6.45) is 2.67. The zero-order chi connectivity index (χ0) is 13.8. The van der Waals surface area contributed by atoms with Gasteiger partial charge in [-0.2, -0.15) is 5.10 Å². The molecule has 100 valence electrons. The zero-order valence-electron chi connectivity index (χ0n) is 11.6. The minimum absolute atomic E-state index is 0.104. The minimum Gasteiger partial charge on any atom is -0.294 e. The van der Waals surface area contributed by atoms with E-state index in [0.29, 0.717) is 6.42 Å². The number of benzene rings is 1. The molecule has 0 spiro atoms. The second kappa shape index (κ2) is 5.78. The number of aryl methyl sites for hydroxylation is 1. The van der Waals surface area contributed by atoms with Gasteiger partial charge in [-0.3, -0.25) is 4.79 Å². The molecule has 0 fully saturated rings. The summed E-state index contributed by atoms with van der Waals surface area (Å²) in [5.41, 5.74) is 1.88. The molecule has 0 saturated carbocycles. The number of rotatable bonds is 5. The third kappa shape index (κ3) is 2.89. The Balaban J connectivity index is 2.23. The summed E-state index contributed by atoms with van der Waals surface area (Å²) in [6.45, 7) is 6.12. The summed E-state index contributed by atoms with van der Waals surface area (Å²) in [6, 6.07) is 7.97. The Kier molecular flexibility index (Phi) is 4.10. The summed E-state index contributed by atoms with van der Waals surface area (Å²) < 4.78 is 1.80. The maximum atomic E-state index is 12.4. The van der Waals surface area contributed by atoms with Crippen LogP contribution in [0.25, 0.3) is 0 Å². The van der Waals surface area contributed by atoms with Crippen molar-refractivity contribution in [3.63, 3.8) is 0 Å². The smallest absolute Gasteiger partial charge is 0.170 e. The fraction of sp³-hybridized carbons (Fsp3) is 0.400. The Labute approximate surface area is 113 Å². The fourth-order valence-corrected chi connectivity index (χ4v) is 2.17. The van der Waals surface area contributed by atoms with Crippen LogP contribution in [-0.2, 0) is 12.8 Å². The average Bonchev–Trinajstić information content (AvgIpc) is 2.87. The SMILES string of the molecule is CCc1ccccc1C(=O)Cc1ncnn1C(C)C. The molecule has 4 heteroatoms. The van der Waals surface area contributed by atoms with Gasteiger partial charge < -0.3 is 0 Å². The van der Waals surface area contributed by atoms with Crippen LogP contribution in [0.4, 0.5) is 0 Å². The van der Waals surface area contributed by atoms with E-state index in [1.165, 1.54) is 6.33 Å². The molecule has 2 rings (SSSR count). The lowest BCUT2D eigenvalue weighted by Crippen LogP contribution is -2.14. The number of ketones is 1. The number of hydrogen-bond donors (Lipinski definition) is 0. The van der Waals surface area contributed by atoms with Crippen LogP contribution in [0.2, 0.25) is 0 Å². The number of carbonyl (C=O) groups excluding carboxylic acids is 1. The van der Waals surface area contributed by atoms with E-state index in [1.54, 1.807) is 4.68 Å². The normalized spacial score (nSPS) is 10.9. The monoisotopic (exact) mass is 257 g/mol. The first-order chi connectivity index (χ1) is 9.13. The molecule has 19 heavy (non-hydrogen) atoms. The highest BCUT2D eigenvalue weighted by Gasteiger charge is 2.15. The first-order valence-electron chi connectivity index (χ1n) is 6.63. The molecule has 2 aromatic rings. The van der Waals surface area contributed by atoms with Crippen molar-refractivity contribution < 1.29 is 4.79 Å². The second-order valence-corrected chi connectivity index (χ2v) is 4.83. The van der Waals surface area contributed by atoms with Crippen LogP contribution in [0, 0.1) is 0 Å². The van der Waals surface area contributed by atoms with Crippen molar-refractivity contribution in [1.82, 2.24) is 14.8 Å². The van der Waals surface area contributed by atoms with E-state index < -0.39 is 0 Å². The quantitative estimate of drug-likeness (QED) is 0.774. The van der Waals surface area contributed by atoms with Gasteiger partial charge in [-0.15, -0.1) is 0 Å². The molecule has 1 aromatic heterocycles.